The summed E-state index contributed by atoms with van der Waals surface area (Å²) in [6.45, 7) is -0.576. The number of nitrogens with zero attached hydrogens (tertiary/aromatic N) is 2. The van der Waals surface area contributed by atoms with Crippen LogP contribution in [0.4, 0.5) is 0 Å². The maximum absolute atomic E-state index is 12.6. The van der Waals surface area contributed by atoms with Gasteiger partial charge in [0.1, 0.15) is 26.9 Å². The van der Waals surface area contributed by atoms with Crippen molar-refractivity contribution in [2.45, 2.75) is 11.4 Å². The largest absolute Gasteiger partial charge is 0.448 e. The first-order chi connectivity index (χ1) is 13.3. The molecule has 1 amide bonds. The van der Waals surface area contributed by atoms with Crippen molar-refractivity contribution in [2.24, 2.45) is 0 Å². The van der Waals surface area contributed by atoms with E-state index >= 15 is 0 Å². The minimum atomic E-state index is -4.23. The Bertz CT molecular complexity index is 1400. The fraction of sp³-hybridized carbons (Fsp3) is 0.0625. The second kappa shape index (κ2) is 6.89. The number of benzene rings is 1. The van der Waals surface area contributed by atoms with Gasteiger partial charge in [-0.2, -0.15) is 0 Å². The number of furan rings is 1. The van der Waals surface area contributed by atoms with Crippen molar-refractivity contribution >= 4 is 72.5 Å². The van der Waals surface area contributed by atoms with Gasteiger partial charge in [0.25, 0.3) is 21.5 Å². The number of hydrogen-bond donors (Lipinski definition) is 1. The van der Waals surface area contributed by atoms with Gasteiger partial charge in [-0.1, -0.05) is 35.3 Å². The maximum Gasteiger partial charge on any atom is 0.297 e. The minimum Gasteiger partial charge on any atom is -0.448 e. The molecule has 0 unspecified atom stereocenters. The lowest BCUT2D eigenvalue weighted by atomic mass is 10.2. The Morgan fingerprint density at radius 1 is 1.29 bits per heavy atom. The molecule has 1 N–H and O–H groups in total. The summed E-state index contributed by atoms with van der Waals surface area (Å²) < 4.78 is 33.0. The van der Waals surface area contributed by atoms with Crippen LogP contribution in [-0.4, -0.2) is 23.9 Å². The van der Waals surface area contributed by atoms with Crippen LogP contribution in [0.25, 0.3) is 22.1 Å². The highest BCUT2D eigenvalue weighted by atomic mass is 35.5. The molecule has 0 radical (unpaired) electrons. The first-order valence-corrected chi connectivity index (χ1v) is 10.7. The third-order valence-corrected chi connectivity index (χ3v) is 6.95. The predicted molar refractivity (Wildman–Crippen MR) is 105 cm³/mol. The number of sulfonamides is 1. The number of thiophene rings is 1. The summed E-state index contributed by atoms with van der Waals surface area (Å²) in [4.78, 5) is 28.6. The van der Waals surface area contributed by atoms with Crippen LogP contribution in [0.15, 0.2) is 50.8 Å². The molecule has 0 aliphatic rings. The molecule has 3 heterocycles. The molecule has 0 spiro atoms. The van der Waals surface area contributed by atoms with Crippen molar-refractivity contribution in [1.29, 1.82) is 0 Å². The van der Waals surface area contributed by atoms with Crippen LogP contribution in [0, 0.1) is 0 Å². The summed E-state index contributed by atoms with van der Waals surface area (Å²) in [6.07, 6.45) is 1.16. The number of aromatic nitrogens is 2. The van der Waals surface area contributed by atoms with Crippen molar-refractivity contribution in [1.82, 2.24) is 14.3 Å². The lowest BCUT2D eigenvalue weighted by Gasteiger charge is -2.07. The Labute approximate surface area is 171 Å². The average molecular weight is 458 g/mol. The van der Waals surface area contributed by atoms with E-state index in [0.29, 0.717) is 16.5 Å². The molecule has 144 valence electrons. The summed E-state index contributed by atoms with van der Waals surface area (Å²) in [5, 5.41) is 0.665. The third-order valence-electron chi connectivity index (χ3n) is 3.83. The number of rotatable bonds is 4. The van der Waals surface area contributed by atoms with E-state index in [9.17, 15) is 18.0 Å². The Morgan fingerprint density at radius 2 is 2.04 bits per heavy atom. The Hall–Kier alpha value is -2.40. The van der Waals surface area contributed by atoms with Crippen LogP contribution in [-0.2, 0) is 21.4 Å². The number of para-hydroxylation sites is 1. The van der Waals surface area contributed by atoms with Crippen LogP contribution in [0.2, 0.25) is 8.67 Å². The Kier molecular flexibility index (Phi) is 4.66. The first-order valence-electron chi connectivity index (χ1n) is 7.63. The van der Waals surface area contributed by atoms with Gasteiger partial charge in [-0.3, -0.25) is 14.2 Å². The standard InChI is InChI=1S/C16H9Cl2N3O5S2/c17-11-5-10(15(18)27-11)28(24,25)20-12(22)6-21-7-19-13-8-3-1-2-4-9(8)26-14(13)16(21)23/h1-5,7H,6H2,(H,20,22). The zero-order valence-corrected chi connectivity index (χ0v) is 16.8. The second-order valence-electron chi connectivity index (χ2n) is 5.67. The number of amides is 1. The first kappa shape index (κ1) is 18.9. The fourth-order valence-corrected chi connectivity index (χ4v) is 5.76. The molecule has 12 heteroatoms. The van der Waals surface area contributed by atoms with Gasteiger partial charge in [-0.05, 0) is 18.2 Å². The van der Waals surface area contributed by atoms with Gasteiger partial charge < -0.3 is 4.42 Å². The zero-order valence-electron chi connectivity index (χ0n) is 13.7. The van der Waals surface area contributed by atoms with Gasteiger partial charge in [-0.25, -0.2) is 18.1 Å². The van der Waals surface area contributed by atoms with Crippen LogP contribution in [0.1, 0.15) is 0 Å². The number of nitrogens with one attached hydrogen (secondary N) is 1. The van der Waals surface area contributed by atoms with Crippen LogP contribution < -0.4 is 10.3 Å². The second-order valence-corrected chi connectivity index (χ2v) is 9.61. The molecule has 0 aliphatic carbocycles. The van der Waals surface area contributed by atoms with Gasteiger partial charge in [0.15, 0.2) is 0 Å². The Morgan fingerprint density at radius 3 is 2.75 bits per heavy atom. The molecule has 0 aliphatic heterocycles. The smallest absolute Gasteiger partial charge is 0.297 e. The molecule has 0 saturated heterocycles. The third kappa shape index (κ3) is 3.28. The summed E-state index contributed by atoms with van der Waals surface area (Å²) in [6, 6.07) is 8.12. The minimum absolute atomic E-state index is 0.0213. The van der Waals surface area contributed by atoms with Crippen LogP contribution in [0.3, 0.4) is 0 Å². The summed E-state index contributed by atoms with van der Waals surface area (Å²) in [5.41, 5.74) is 0.220. The van der Waals surface area contributed by atoms with Gasteiger partial charge in [0.05, 0.1) is 10.7 Å². The van der Waals surface area contributed by atoms with E-state index in [2.05, 4.69) is 4.98 Å². The SMILES string of the molecule is O=C(Cn1cnc2c(oc3ccccc32)c1=O)NS(=O)(=O)c1cc(Cl)sc1Cl. The van der Waals surface area contributed by atoms with Crippen molar-refractivity contribution in [3.63, 3.8) is 0 Å². The quantitative estimate of drug-likeness (QED) is 0.503. The molecule has 8 nitrogen and oxygen atoms in total. The summed E-state index contributed by atoms with van der Waals surface area (Å²) >= 11 is 12.4. The molecule has 0 saturated carbocycles. The van der Waals surface area contributed by atoms with Gasteiger partial charge in [0, 0.05) is 5.39 Å². The number of fused-ring (bicyclic) bond motifs is 3. The molecule has 1 aromatic carbocycles. The molecule has 4 aromatic rings. The summed E-state index contributed by atoms with van der Waals surface area (Å²) in [5.74, 6) is -0.947. The van der Waals surface area contributed by atoms with Gasteiger partial charge in [-0.15, -0.1) is 11.3 Å². The monoisotopic (exact) mass is 457 g/mol. The zero-order chi connectivity index (χ0) is 20.1. The van der Waals surface area contributed by atoms with E-state index in [-0.39, 0.29) is 19.2 Å². The Balaban J connectivity index is 1.63. The molecule has 0 bridgehead atoms. The van der Waals surface area contributed by atoms with Crippen molar-refractivity contribution < 1.29 is 17.6 Å². The topological polar surface area (TPSA) is 111 Å². The van der Waals surface area contributed by atoms with E-state index in [4.69, 9.17) is 27.6 Å². The summed E-state index contributed by atoms with van der Waals surface area (Å²) in [7, 11) is -4.23. The molecule has 0 atom stereocenters. The maximum atomic E-state index is 12.6. The van der Waals surface area contributed by atoms with E-state index in [0.717, 1.165) is 28.3 Å². The highest BCUT2D eigenvalue weighted by molar-refractivity contribution is 7.90. The van der Waals surface area contributed by atoms with E-state index in [1.54, 1.807) is 24.3 Å². The number of hydrogen-bond acceptors (Lipinski definition) is 7. The normalized spacial score (nSPS) is 11.9. The molecular weight excluding hydrogens is 449 g/mol. The van der Waals surface area contributed by atoms with Crippen LogP contribution in [0.5, 0.6) is 0 Å². The molecule has 4 rings (SSSR count). The number of carbonyl (C=O) groups is 1. The van der Waals surface area contributed by atoms with Gasteiger partial charge in [0.2, 0.25) is 5.58 Å². The predicted octanol–water partition coefficient (Wildman–Crippen LogP) is 3.02. The molecular formula is C16H9Cl2N3O5S2. The highest BCUT2D eigenvalue weighted by Gasteiger charge is 2.24. The molecule has 0 fully saturated rings. The molecule has 28 heavy (non-hydrogen) atoms. The lowest BCUT2D eigenvalue weighted by Crippen LogP contribution is -2.36. The number of halogens is 2. The van der Waals surface area contributed by atoms with E-state index < -0.39 is 28.0 Å². The van der Waals surface area contributed by atoms with E-state index in [1.165, 1.54) is 0 Å². The lowest BCUT2D eigenvalue weighted by molar-refractivity contribution is -0.119. The number of carbonyl (C=O) groups excluding carboxylic acids is 1. The van der Waals surface area contributed by atoms with Crippen LogP contribution >= 0.6 is 34.5 Å². The van der Waals surface area contributed by atoms with Gasteiger partial charge >= 0.3 is 0 Å². The average Bonchev–Trinajstić information content (AvgIpc) is 3.17. The molecule has 3 aromatic heterocycles. The van der Waals surface area contributed by atoms with Crippen molar-refractivity contribution in [3.8, 4) is 0 Å². The fourth-order valence-electron chi connectivity index (χ4n) is 2.63. The van der Waals surface area contributed by atoms with Crippen molar-refractivity contribution in [3.05, 3.63) is 55.7 Å². The van der Waals surface area contributed by atoms with Crippen molar-refractivity contribution in [2.75, 3.05) is 0 Å². The van der Waals surface area contributed by atoms with E-state index in [1.807, 2.05) is 4.72 Å². The highest BCUT2D eigenvalue weighted by Crippen LogP contribution is 2.34.